The molecule has 2 nitrogen and oxygen atoms in total. The van der Waals surface area contributed by atoms with Crippen LogP contribution in [0, 0.1) is 0 Å². The van der Waals surface area contributed by atoms with Crippen LogP contribution in [0.2, 0.25) is 0 Å². The van der Waals surface area contributed by atoms with Gasteiger partial charge in [0.15, 0.2) is 5.78 Å². The molecule has 0 atom stereocenters. The molecule has 2 heteroatoms. The smallest absolute Gasteiger partial charge is 0.172 e. The van der Waals surface area contributed by atoms with Gasteiger partial charge in [0.2, 0.25) is 0 Å². The van der Waals surface area contributed by atoms with Gasteiger partial charge in [0, 0.05) is 0 Å². The maximum atomic E-state index is 11.7. The van der Waals surface area contributed by atoms with Crippen molar-refractivity contribution in [3.05, 3.63) is 11.6 Å². The van der Waals surface area contributed by atoms with Gasteiger partial charge in [-0.15, -0.1) is 0 Å². The summed E-state index contributed by atoms with van der Waals surface area (Å²) < 4.78 is 0. The van der Waals surface area contributed by atoms with Gasteiger partial charge in [0.1, 0.15) is 0 Å². The van der Waals surface area contributed by atoms with Crippen molar-refractivity contribution in [1.82, 2.24) is 4.90 Å². The van der Waals surface area contributed by atoms with E-state index in [9.17, 15) is 4.79 Å². The quantitative estimate of drug-likeness (QED) is 0.664. The van der Waals surface area contributed by atoms with Gasteiger partial charge in [-0.2, -0.15) is 0 Å². The molecule has 0 heterocycles. The predicted octanol–water partition coefficient (Wildman–Crippen LogP) is 2.01. The number of nitrogens with zero attached hydrogens (tertiary/aromatic N) is 1. The molecular formula is C11H19NO. The monoisotopic (exact) mass is 181 g/mol. The fourth-order valence-electron chi connectivity index (χ4n) is 1.66. The fourth-order valence-corrected chi connectivity index (χ4v) is 1.66. The van der Waals surface area contributed by atoms with E-state index in [0.29, 0.717) is 12.3 Å². The number of carbonyl (C=O) groups excluding carboxylic acids is 1. The van der Waals surface area contributed by atoms with Crippen LogP contribution in [0.25, 0.3) is 0 Å². The summed E-state index contributed by atoms with van der Waals surface area (Å²) in [6.45, 7) is 0.561. The molecular weight excluding hydrogens is 162 g/mol. The molecule has 0 N–H and O–H groups in total. The Bertz CT molecular complexity index is 206. The van der Waals surface area contributed by atoms with E-state index in [4.69, 9.17) is 0 Å². The molecule has 0 aliphatic heterocycles. The molecule has 0 aromatic heterocycles. The van der Waals surface area contributed by atoms with E-state index in [-0.39, 0.29) is 0 Å². The molecule has 0 aromatic rings. The Hall–Kier alpha value is -0.630. The molecule has 0 saturated carbocycles. The molecule has 74 valence electrons. The van der Waals surface area contributed by atoms with Crippen molar-refractivity contribution in [2.24, 2.45) is 0 Å². The van der Waals surface area contributed by atoms with E-state index in [1.165, 1.54) is 19.3 Å². The van der Waals surface area contributed by atoms with Crippen LogP contribution in [-0.2, 0) is 4.79 Å². The molecule has 0 radical (unpaired) electrons. The molecule has 1 aliphatic carbocycles. The Morgan fingerprint density at radius 1 is 1.38 bits per heavy atom. The van der Waals surface area contributed by atoms with E-state index in [1.807, 2.05) is 19.0 Å². The molecule has 13 heavy (non-hydrogen) atoms. The lowest BCUT2D eigenvalue weighted by Crippen LogP contribution is -2.22. The van der Waals surface area contributed by atoms with Crippen molar-refractivity contribution < 1.29 is 4.79 Å². The van der Waals surface area contributed by atoms with Gasteiger partial charge in [0.25, 0.3) is 0 Å². The summed E-state index contributed by atoms with van der Waals surface area (Å²) in [4.78, 5) is 13.6. The van der Waals surface area contributed by atoms with E-state index >= 15 is 0 Å². The molecule has 1 aliphatic rings. The van der Waals surface area contributed by atoms with Gasteiger partial charge in [0.05, 0.1) is 6.54 Å². The molecule has 0 saturated heterocycles. The van der Waals surface area contributed by atoms with Gasteiger partial charge in [-0.25, -0.2) is 0 Å². The number of ketones is 1. The number of allylic oxidation sites excluding steroid dienone is 1. The van der Waals surface area contributed by atoms with Gasteiger partial charge in [-0.1, -0.05) is 12.5 Å². The number of hydrogen-bond donors (Lipinski definition) is 0. The summed E-state index contributed by atoms with van der Waals surface area (Å²) in [5.74, 6) is 0.312. The summed E-state index contributed by atoms with van der Waals surface area (Å²) in [5, 5.41) is 0. The fraction of sp³-hybridized carbons (Fsp3) is 0.727. The van der Waals surface area contributed by atoms with Crippen molar-refractivity contribution >= 4 is 5.78 Å². The van der Waals surface area contributed by atoms with Crippen LogP contribution in [0.4, 0.5) is 0 Å². The SMILES string of the molecule is CN(C)CC(=O)C1=CCCCCC1. The predicted molar refractivity (Wildman–Crippen MR) is 54.7 cm³/mol. The number of Topliss-reactive ketones (excluding diaryl/α,β-unsaturated/α-hetero) is 1. The third-order valence-corrected chi connectivity index (χ3v) is 2.36. The summed E-state index contributed by atoms with van der Waals surface area (Å²) in [5.41, 5.74) is 1.06. The van der Waals surface area contributed by atoms with Crippen molar-refractivity contribution in [3.63, 3.8) is 0 Å². The normalized spacial score (nSPS) is 18.2. The molecule has 0 amide bonds. The lowest BCUT2D eigenvalue weighted by atomic mass is 10.1. The minimum absolute atomic E-state index is 0.312. The second kappa shape index (κ2) is 5.18. The Morgan fingerprint density at radius 2 is 2.15 bits per heavy atom. The van der Waals surface area contributed by atoms with Crippen LogP contribution in [0.15, 0.2) is 11.6 Å². The molecule has 1 rings (SSSR count). The van der Waals surface area contributed by atoms with Crippen LogP contribution in [0.5, 0.6) is 0 Å². The standard InChI is InChI=1S/C11H19NO/c1-12(2)9-11(13)10-7-5-3-4-6-8-10/h7H,3-6,8-9H2,1-2H3. The van der Waals surface area contributed by atoms with Gasteiger partial charge >= 0.3 is 0 Å². The van der Waals surface area contributed by atoms with Gasteiger partial charge < -0.3 is 4.90 Å². The van der Waals surface area contributed by atoms with Crippen LogP contribution < -0.4 is 0 Å². The van der Waals surface area contributed by atoms with Crippen molar-refractivity contribution in [2.75, 3.05) is 20.6 Å². The first-order chi connectivity index (χ1) is 6.20. The van der Waals surface area contributed by atoms with Crippen LogP contribution >= 0.6 is 0 Å². The largest absolute Gasteiger partial charge is 0.302 e. The summed E-state index contributed by atoms with van der Waals surface area (Å²) in [6.07, 6.45) is 7.93. The second-order valence-electron chi connectivity index (χ2n) is 3.99. The van der Waals surface area contributed by atoms with E-state index in [1.54, 1.807) is 0 Å². The first-order valence-corrected chi connectivity index (χ1v) is 5.07. The minimum atomic E-state index is 0.312. The molecule has 0 unspecified atom stereocenters. The lowest BCUT2D eigenvalue weighted by molar-refractivity contribution is -0.116. The number of hydrogen-bond acceptors (Lipinski definition) is 2. The van der Waals surface area contributed by atoms with Gasteiger partial charge in [-0.05, 0) is 45.4 Å². The highest BCUT2D eigenvalue weighted by Gasteiger charge is 2.11. The van der Waals surface area contributed by atoms with Crippen LogP contribution in [0.1, 0.15) is 32.1 Å². The Labute approximate surface area is 80.6 Å². The van der Waals surface area contributed by atoms with Crippen LogP contribution in [-0.4, -0.2) is 31.3 Å². The van der Waals surface area contributed by atoms with Crippen molar-refractivity contribution in [3.8, 4) is 0 Å². The average Bonchev–Trinajstić information content (AvgIpc) is 2.29. The van der Waals surface area contributed by atoms with E-state index in [0.717, 1.165) is 18.4 Å². The van der Waals surface area contributed by atoms with Gasteiger partial charge in [-0.3, -0.25) is 4.79 Å². The second-order valence-corrected chi connectivity index (χ2v) is 3.99. The maximum absolute atomic E-state index is 11.7. The Kier molecular flexibility index (Phi) is 4.16. The Morgan fingerprint density at radius 3 is 2.85 bits per heavy atom. The third kappa shape index (κ3) is 3.73. The van der Waals surface area contributed by atoms with Crippen molar-refractivity contribution in [1.29, 1.82) is 0 Å². The van der Waals surface area contributed by atoms with E-state index in [2.05, 4.69) is 6.08 Å². The third-order valence-electron chi connectivity index (χ3n) is 2.36. The summed E-state index contributed by atoms with van der Waals surface area (Å²) in [6, 6.07) is 0. The topological polar surface area (TPSA) is 20.3 Å². The van der Waals surface area contributed by atoms with Crippen molar-refractivity contribution in [2.45, 2.75) is 32.1 Å². The Balaban J connectivity index is 2.48. The van der Waals surface area contributed by atoms with E-state index < -0.39 is 0 Å². The zero-order valence-electron chi connectivity index (χ0n) is 8.68. The molecule has 0 bridgehead atoms. The summed E-state index contributed by atoms with van der Waals surface area (Å²) >= 11 is 0. The highest BCUT2D eigenvalue weighted by molar-refractivity contribution is 5.96. The number of carbonyl (C=O) groups is 1. The molecule has 0 fully saturated rings. The average molecular weight is 181 g/mol. The first-order valence-electron chi connectivity index (χ1n) is 5.07. The number of rotatable bonds is 3. The number of likely N-dealkylation sites (N-methyl/N-ethyl adjacent to an activating group) is 1. The first kappa shape index (κ1) is 10.5. The molecule has 0 spiro atoms. The zero-order chi connectivity index (χ0) is 9.68. The molecule has 0 aromatic carbocycles. The highest BCUT2D eigenvalue weighted by atomic mass is 16.1. The minimum Gasteiger partial charge on any atom is -0.302 e. The highest BCUT2D eigenvalue weighted by Crippen LogP contribution is 2.17. The maximum Gasteiger partial charge on any atom is 0.172 e. The summed E-state index contributed by atoms with van der Waals surface area (Å²) in [7, 11) is 3.88. The lowest BCUT2D eigenvalue weighted by Gasteiger charge is -2.09. The zero-order valence-corrected chi connectivity index (χ0v) is 8.68. The van der Waals surface area contributed by atoms with Crippen LogP contribution in [0.3, 0.4) is 0 Å².